The van der Waals surface area contributed by atoms with Crippen LogP contribution in [0.3, 0.4) is 0 Å². The van der Waals surface area contributed by atoms with Gasteiger partial charge in [0.05, 0.1) is 0 Å². The quantitative estimate of drug-likeness (QED) is 0.388. The third-order valence-electron chi connectivity index (χ3n) is 1.16. The lowest BCUT2D eigenvalue weighted by Crippen LogP contribution is -2.58. The molecule has 1 heterocycles. The van der Waals surface area contributed by atoms with Crippen LogP contribution in [0.2, 0.25) is 0 Å². The molecule has 3 nitrogen and oxygen atoms in total. The van der Waals surface area contributed by atoms with Crippen molar-refractivity contribution in [2.24, 2.45) is 5.73 Å². The highest BCUT2D eigenvalue weighted by Gasteiger charge is 2.29. The number of likely N-dealkylation sites (N-methyl/N-ethyl adjacent to an activating group) is 1. The van der Waals surface area contributed by atoms with Crippen LogP contribution in [0.4, 0.5) is 0 Å². The second-order valence-electron chi connectivity index (χ2n) is 1.83. The normalized spacial score (nSPS) is 30.3. The number of nitrogens with two attached hydrogens (primary N) is 1. The summed E-state index contributed by atoms with van der Waals surface area (Å²) < 4.78 is 0. The molecule has 1 aliphatic heterocycles. The number of amides is 1. The maximum absolute atomic E-state index is 10.4. The summed E-state index contributed by atoms with van der Waals surface area (Å²) in [5, 5.41) is 0. The molecule has 3 heteroatoms. The second-order valence-corrected chi connectivity index (χ2v) is 1.83. The fourth-order valence-corrected chi connectivity index (χ4v) is 0.634. The largest absolute Gasteiger partial charge is 0.342 e. The summed E-state index contributed by atoms with van der Waals surface area (Å²) in [4.78, 5) is 12.0. The molecule has 1 saturated heterocycles. The number of nitrogens with zero attached hydrogens (tertiary/aromatic N) is 1. The number of carbonyl (C=O) groups is 1. The standard InChI is InChI=1S/C4H8N2O/c1-6-2-3(5)4(6)7/h3H,2,5H2,1H3/t3-/m1/s1. The van der Waals surface area contributed by atoms with Gasteiger partial charge in [-0.1, -0.05) is 0 Å². The zero-order chi connectivity index (χ0) is 5.44. The fraction of sp³-hybridized carbons (Fsp3) is 0.750. The van der Waals surface area contributed by atoms with Crippen LogP contribution in [0.15, 0.2) is 0 Å². The van der Waals surface area contributed by atoms with Gasteiger partial charge in [-0.05, 0) is 0 Å². The average molecular weight is 100 g/mol. The third kappa shape index (κ3) is 0.489. The summed E-state index contributed by atoms with van der Waals surface area (Å²) >= 11 is 0. The van der Waals surface area contributed by atoms with E-state index in [1.807, 2.05) is 0 Å². The molecule has 0 aromatic rings. The molecule has 0 bridgehead atoms. The molecule has 0 unspecified atom stereocenters. The molecule has 1 amide bonds. The molecular formula is C4H8N2O. The molecule has 0 saturated carbocycles. The van der Waals surface area contributed by atoms with Gasteiger partial charge < -0.3 is 10.6 Å². The van der Waals surface area contributed by atoms with Gasteiger partial charge in [0.2, 0.25) is 5.91 Å². The summed E-state index contributed by atoms with van der Waals surface area (Å²) in [5.41, 5.74) is 5.22. The van der Waals surface area contributed by atoms with E-state index in [2.05, 4.69) is 0 Å². The minimum absolute atomic E-state index is 0.0556. The van der Waals surface area contributed by atoms with E-state index in [9.17, 15) is 4.79 Å². The molecule has 1 fully saturated rings. The summed E-state index contributed by atoms with van der Waals surface area (Å²) in [6.07, 6.45) is 0. The van der Waals surface area contributed by atoms with Crippen LogP contribution in [0.1, 0.15) is 0 Å². The number of hydrogen-bond donors (Lipinski definition) is 1. The lowest BCUT2D eigenvalue weighted by Gasteiger charge is -2.32. The molecule has 0 aromatic carbocycles. The van der Waals surface area contributed by atoms with E-state index in [4.69, 9.17) is 5.73 Å². The molecule has 1 aliphatic rings. The van der Waals surface area contributed by atoms with E-state index in [-0.39, 0.29) is 11.9 Å². The highest BCUT2D eigenvalue weighted by molar-refractivity contribution is 5.87. The highest BCUT2D eigenvalue weighted by atomic mass is 16.2. The van der Waals surface area contributed by atoms with Crippen LogP contribution < -0.4 is 5.73 Å². The highest BCUT2D eigenvalue weighted by Crippen LogP contribution is 2.01. The number of likely N-dealkylation sites (tertiary alicyclic amines) is 1. The van der Waals surface area contributed by atoms with Crippen LogP contribution in [0, 0.1) is 0 Å². The van der Waals surface area contributed by atoms with Gasteiger partial charge in [-0.15, -0.1) is 0 Å². The molecule has 1 rings (SSSR count). The maximum atomic E-state index is 10.4. The van der Waals surface area contributed by atoms with Crippen molar-refractivity contribution in [3.05, 3.63) is 0 Å². The number of β-lactam (4-membered cyclic amide) rings is 1. The molecule has 0 aliphatic carbocycles. The number of rotatable bonds is 0. The van der Waals surface area contributed by atoms with Crippen LogP contribution >= 0.6 is 0 Å². The van der Waals surface area contributed by atoms with Crippen molar-refractivity contribution in [2.75, 3.05) is 13.6 Å². The van der Waals surface area contributed by atoms with Gasteiger partial charge in [0.1, 0.15) is 6.04 Å². The van der Waals surface area contributed by atoms with Gasteiger partial charge in [-0.2, -0.15) is 0 Å². The second kappa shape index (κ2) is 1.20. The summed E-state index contributed by atoms with van der Waals surface area (Å²) in [7, 11) is 1.74. The van der Waals surface area contributed by atoms with Crippen molar-refractivity contribution in [3.63, 3.8) is 0 Å². The van der Waals surface area contributed by atoms with Gasteiger partial charge in [-0.25, -0.2) is 0 Å². The first-order valence-electron chi connectivity index (χ1n) is 2.22. The van der Waals surface area contributed by atoms with Crippen molar-refractivity contribution < 1.29 is 4.79 Å². The zero-order valence-corrected chi connectivity index (χ0v) is 4.22. The maximum Gasteiger partial charge on any atom is 0.241 e. The first-order chi connectivity index (χ1) is 3.22. The lowest BCUT2D eigenvalue weighted by molar-refractivity contribution is -0.140. The molecule has 7 heavy (non-hydrogen) atoms. The summed E-state index contributed by atoms with van der Waals surface area (Å²) in [5.74, 6) is 0.0556. The first kappa shape index (κ1) is 4.59. The molecule has 40 valence electrons. The van der Waals surface area contributed by atoms with E-state index in [1.54, 1.807) is 11.9 Å². The van der Waals surface area contributed by atoms with Crippen molar-refractivity contribution in [1.82, 2.24) is 4.90 Å². The smallest absolute Gasteiger partial charge is 0.241 e. The summed E-state index contributed by atoms with van der Waals surface area (Å²) in [6.45, 7) is 0.721. The van der Waals surface area contributed by atoms with Gasteiger partial charge in [-0.3, -0.25) is 4.79 Å². The van der Waals surface area contributed by atoms with E-state index >= 15 is 0 Å². The molecular weight excluding hydrogens is 92.1 g/mol. The average Bonchev–Trinajstić information content (AvgIpc) is 1.68. The van der Waals surface area contributed by atoms with Crippen molar-refractivity contribution in [3.8, 4) is 0 Å². The molecule has 1 atom stereocenters. The van der Waals surface area contributed by atoms with Crippen LogP contribution in [-0.4, -0.2) is 30.4 Å². The Kier molecular flexibility index (Phi) is 0.785. The Bertz CT molecular complexity index is 91.9. The zero-order valence-electron chi connectivity index (χ0n) is 4.22. The monoisotopic (exact) mass is 100 g/mol. The van der Waals surface area contributed by atoms with Crippen LogP contribution in [-0.2, 0) is 4.79 Å². The Morgan fingerprint density at radius 3 is 2.57 bits per heavy atom. The minimum atomic E-state index is -0.204. The topological polar surface area (TPSA) is 46.3 Å². The SMILES string of the molecule is CN1C[C@@H](N)C1=O. The van der Waals surface area contributed by atoms with E-state index < -0.39 is 0 Å². The Balaban J connectivity index is 2.44. The van der Waals surface area contributed by atoms with E-state index in [0.29, 0.717) is 0 Å². The number of hydrogen-bond acceptors (Lipinski definition) is 2. The van der Waals surface area contributed by atoms with E-state index in [1.165, 1.54) is 0 Å². The van der Waals surface area contributed by atoms with Gasteiger partial charge >= 0.3 is 0 Å². The first-order valence-corrected chi connectivity index (χ1v) is 2.22. The number of carbonyl (C=O) groups excluding carboxylic acids is 1. The minimum Gasteiger partial charge on any atom is -0.342 e. The van der Waals surface area contributed by atoms with E-state index in [0.717, 1.165) is 6.54 Å². The Morgan fingerprint density at radius 1 is 2.00 bits per heavy atom. The predicted octanol–water partition coefficient (Wildman–Crippen LogP) is -1.21. The van der Waals surface area contributed by atoms with Gasteiger partial charge in [0.25, 0.3) is 0 Å². The molecule has 0 radical (unpaired) electrons. The fourth-order valence-electron chi connectivity index (χ4n) is 0.634. The van der Waals surface area contributed by atoms with Crippen LogP contribution in [0.5, 0.6) is 0 Å². The molecule has 0 aromatic heterocycles. The van der Waals surface area contributed by atoms with Gasteiger partial charge in [0.15, 0.2) is 0 Å². The van der Waals surface area contributed by atoms with Crippen LogP contribution in [0.25, 0.3) is 0 Å². The summed E-state index contributed by atoms with van der Waals surface area (Å²) in [6, 6.07) is -0.204. The Labute approximate surface area is 42.1 Å². The van der Waals surface area contributed by atoms with Gasteiger partial charge in [0, 0.05) is 13.6 Å². The third-order valence-corrected chi connectivity index (χ3v) is 1.16. The Morgan fingerprint density at radius 2 is 2.57 bits per heavy atom. The molecule has 0 spiro atoms. The molecule has 2 N–H and O–H groups in total. The predicted molar refractivity (Wildman–Crippen MR) is 25.6 cm³/mol. The lowest BCUT2D eigenvalue weighted by atomic mass is 10.1. The van der Waals surface area contributed by atoms with Crippen molar-refractivity contribution in [2.45, 2.75) is 6.04 Å². The van der Waals surface area contributed by atoms with Crippen molar-refractivity contribution in [1.29, 1.82) is 0 Å². The van der Waals surface area contributed by atoms with Crippen molar-refractivity contribution >= 4 is 5.91 Å². The Hall–Kier alpha value is -0.570.